The van der Waals surface area contributed by atoms with Gasteiger partial charge < -0.3 is 20.1 Å². The zero-order valence-corrected chi connectivity index (χ0v) is 13.0. The van der Waals surface area contributed by atoms with Gasteiger partial charge in [-0.15, -0.1) is 0 Å². The summed E-state index contributed by atoms with van der Waals surface area (Å²) < 4.78 is 5.36. The summed E-state index contributed by atoms with van der Waals surface area (Å²) in [6, 6.07) is 5.67. The van der Waals surface area contributed by atoms with E-state index in [0.29, 0.717) is 0 Å². The summed E-state index contributed by atoms with van der Waals surface area (Å²) in [6.07, 6.45) is 4.38. The number of ether oxygens (including phenoxy) is 1. The maximum atomic E-state index is 12.4. The fourth-order valence-electron chi connectivity index (χ4n) is 3.28. The zero-order chi connectivity index (χ0) is 16.4. The Kier molecular flexibility index (Phi) is 3.98. The minimum atomic E-state index is -0.876. The molecule has 0 aliphatic heterocycles. The van der Waals surface area contributed by atoms with Gasteiger partial charge in [0.2, 0.25) is 5.91 Å². The second kappa shape index (κ2) is 5.95. The van der Waals surface area contributed by atoms with Crippen molar-refractivity contribution in [2.75, 3.05) is 7.11 Å². The Balaban J connectivity index is 1.77. The van der Waals surface area contributed by atoms with Crippen molar-refractivity contribution >= 4 is 22.8 Å². The van der Waals surface area contributed by atoms with Gasteiger partial charge in [-0.25, -0.2) is 0 Å². The molecule has 0 bridgehead atoms. The third kappa shape index (κ3) is 3.02. The van der Waals surface area contributed by atoms with Crippen LogP contribution >= 0.6 is 0 Å². The van der Waals surface area contributed by atoms with Gasteiger partial charge in [-0.3, -0.25) is 9.59 Å². The number of aromatic nitrogens is 1. The lowest BCUT2D eigenvalue weighted by atomic mass is 9.74. The molecule has 1 amide bonds. The largest absolute Gasteiger partial charge is 0.496 e. The van der Waals surface area contributed by atoms with E-state index in [4.69, 9.17) is 9.84 Å². The number of aromatic amines is 1. The van der Waals surface area contributed by atoms with Gasteiger partial charge in [0, 0.05) is 17.1 Å². The molecule has 0 spiro atoms. The van der Waals surface area contributed by atoms with Crippen molar-refractivity contribution in [3.05, 3.63) is 30.0 Å². The van der Waals surface area contributed by atoms with E-state index < -0.39 is 11.5 Å². The molecule has 6 heteroatoms. The molecule has 1 aromatic heterocycles. The highest BCUT2D eigenvalue weighted by molar-refractivity contribution is 5.93. The number of H-pyrrole nitrogens is 1. The molecule has 6 nitrogen and oxygen atoms in total. The van der Waals surface area contributed by atoms with Crippen molar-refractivity contribution in [1.29, 1.82) is 0 Å². The van der Waals surface area contributed by atoms with Gasteiger partial charge in [-0.1, -0.05) is 6.07 Å². The summed E-state index contributed by atoms with van der Waals surface area (Å²) in [5.74, 6) is -0.313. The van der Waals surface area contributed by atoms with Crippen molar-refractivity contribution in [1.82, 2.24) is 10.3 Å². The van der Waals surface area contributed by atoms with E-state index in [1.165, 1.54) is 0 Å². The molecule has 3 rings (SSSR count). The summed E-state index contributed by atoms with van der Waals surface area (Å²) in [6.45, 7) is 0. The number of rotatable bonds is 6. The van der Waals surface area contributed by atoms with E-state index in [9.17, 15) is 9.59 Å². The van der Waals surface area contributed by atoms with E-state index in [1.807, 2.05) is 18.2 Å². The topological polar surface area (TPSA) is 91.4 Å². The number of fused-ring (bicyclic) bond motifs is 1. The minimum absolute atomic E-state index is 0.0179. The molecule has 1 aliphatic carbocycles. The number of hydrogen-bond donors (Lipinski definition) is 3. The molecule has 0 unspecified atom stereocenters. The minimum Gasteiger partial charge on any atom is -0.496 e. The number of benzene rings is 1. The highest BCUT2D eigenvalue weighted by Crippen LogP contribution is 2.35. The second-order valence-corrected chi connectivity index (χ2v) is 6.13. The SMILES string of the molecule is COc1cccc2[nH]cc(CC(=O)NC3(CC(=O)O)CCC3)c12. The van der Waals surface area contributed by atoms with Crippen molar-refractivity contribution in [2.45, 2.75) is 37.6 Å². The van der Waals surface area contributed by atoms with Gasteiger partial charge >= 0.3 is 5.97 Å². The van der Waals surface area contributed by atoms with Crippen LogP contribution in [0, 0.1) is 0 Å². The van der Waals surface area contributed by atoms with E-state index in [-0.39, 0.29) is 18.7 Å². The molecule has 1 saturated carbocycles. The van der Waals surface area contributed by atoms with Crippen LogP contribution in [-0.2, 0) is 16.0 Å². The zero-order valence-electron chi connectivity index (χ0n) is 13.0. The highest BCUT2D eigenvalue weighted by atomic mass is 16.5. The number of amides is 1. The normalized spacial score (nSPS) is 15.9. The van der Waals surface area contributed by atoms with Crippen LogP contribution in [0.1, 0.15) is 31.2 Å². The van der Waals surface area contributed by atoms with E-state index >= 15 is 0 Å². The number of carbonyl (C=O) groups excluding carboxylic acids is 1. The number of carbonyl (C=O) groups is 2. The molecule has 1 heterocycles. The molecule has 23 heavy (non-hydrogen) atoms. The molecule has 0 radical (unpaired) electrons. The van der Waals surface area contributed by atoms with Crippen molar-refractivity contribution in [3.8, 4) is 5.75 Å². The Morgan fingerprint density at radius 3 is 2.78 bits per heavy atom. The number of carboxylic acids is 1. The summed E-state index contributed by atoms with van der Waals surface area (Å²) >= 11 is 0. The van der Waals surface area contributed by atoms with Gasteiger partial charge in [0.15, 0.2) is 0 Å². The Hall–Kier alpha value is -2.50. The Morgan fingerprint density at radius 1 is 1.39 bits per heavy atom. The smallest absolute Gasteiger partial charge is 0.305 e. The molecule has 3 N–H and O–H groups in total. The number of methoxy groups -OCH3 is 1. The van der Waals surface area contributed by atoms with Crippen molar-refractivity contribution < 1.29 is 19.4 Å². The lowest BCUT2D eigenvalue weighted by Crippen LogP contribution is -2.55. The number of nitrogens with one attached hydrogen (secondary N) is 2. The van der Waals surface area contributed by atoms with E-state index in [2.05, 4.69) is 10.3 Å². The van der Waals surface area contributed by atoms with E-state index in [1.54, 1.807) is 13.3 Å². The standard InChI is InChI=1S/C17H20N2O4/c1-23-13-5-2-4-12-16(13)11(10-18-12)8-14(20)19-17(6-3-7-17)9-15(21)22/h2,4-5,10,18H,3,6-9H2,1H3,(H,19,20)(H,21,22). The van der Waals surface area contributed by atoms with Crippen LogP contribution in [0.2, 0.25) is 0 Å². The molecule has 1 fully saturated rings. The first-order chi connectivity index (χ1) is 11.0. The summed E-state index contributed by atoms with van der Waals surface area (Å²) in [5, 5.41) is 12.8. The molecule has 0 saturated heterocycles. The number of carboxylic acid groups (broad SMARTS) is 1. The number of aliphatic carboxylic acids is 1. The van der Waals surface area contributed by atoms with Crippen LogP contribution < -0.4 is 10.1 Å². The Bertz CT molecular complexity index is 746. The average molecular weight is 316 g/mol. The van der Waals surface area contributed by atoms with Gasteiger partial charge in [0.05, 0.1) is 25.5 Å². The predicted octanol–water partition coefficient (Wildman–Crippen LogP) is 2.23. The second-order valence-electron chi connectivity index (χ2n) is 6.13. The fraction of sp³-hybridized carbons (Fsp3) is 0.412. The van der Waals surface area contributed by atoms with Gasteiger partial charge in [0.25, 0.3) is 0 Å². The van der Waals surface area contributed by atoms with Crippen LogP contribution in [-0.4, -0.2) is 34.6 Å². The third-order valence-corrected chi connectivity index (χ3v) is 4.53. The first-order valence-corrected chi connectivity index (χ1v) is 7.69. The molecular formula is C17H20N2O4. The first kappa shape index (κ1) is 15.4. The summed E-state index contributed by atoms with van der Waals surface area (Å²) in [5.41, 5.74) is 1.19. The predicted molar refractivity (Wildman–Crippen MR) is 85.5 cm³/mol. The van der Waals surface area contributed by atoms with Crippen molar-refractivity contribution in [2.24, 2.45) is 0 Å². The lowest BCUT2D eigenvalue weighted by molar-refractivity contribution is -0.140. The molecule has 0 atom stereocenters. The monoisotopic (exact) mass is 316 g/mol. The molecule has 2 aromatic rings. The van der Waals surface area contributed by atoms with Crippen LogP contribution in [0.4, 0.5) is 0 Å². The highest BCUT2D eigenvalue weighted by Gasteiger charge is 2.40. The van der Waals surface area contributed by atoms with Gasteiger partial charge in [0.1, 0.15) is 5.75 Å². The Labute approximate surface area is 133 Å². The maximum absolute atomic E-state index is 12.4. The van der Waals surface area contributed by atoms with Crippen LogP contribution in [0.3, 0.4) is 0 Å². The first-order valence-electron chi connectivity index (χ1n) is 7.69. The third-order valence-electron chi connectivity index (χ3n) is 4.53. The molecule has 122 valence electrons. The lowest BCUT2D eigenvalue weighted by Gasteiger charge is -2.41. The molecule has 1 aromatic carbocycles. The van der Waals surface area contributed by atoms with Crippen LogP contribution in [0.5, 0.6) is 5.75 Å². The summed E-state index contributed by atoms with van der Waals surface area (Å²) in [7, 11) is 1.60. The molecule has 1 aliphatic rings. The summed E-state index contributed by atoms with van der Waals surface area (Å²) in [4.78, 5) is 26.5. The van der Waals surface area contributed by atoms with Gasteiger partial charge in [-0.05, 0) is 37.0 Å². The van der Waals surface area contributed by atoms with Gasteiger partial charge in [-0.2, -0.15) is 0 Å². The maximum Gasteiger partial charge on any atom is 0.305 e. The number of hydrogen-bond acceptors (Lipinski definition) is 3. The fourth-order valence-corrected chi connectivity index (χ4v) is 3.28. The van der Waals surface area contributed by atoms with Crippen LogP contribution in [0.25, 0.3) is 10.9 Å². The Morgan fingerprint density at radius 2 is 2.17 bits per heavy atom. The molecular weight excluding hydrogens is 296 g/mol. The van der Waals surface area contributed by atoms with Crippen LogP contribution in [0.15, 0.2) is 24.4 Å². The van der Waals surface area contributed by atoms with Crippen molar-refractivity contribution in [3.63, 3.8) is 0 Å². The quantitative estimate of drug-likeness (QED) is 0.762. The van der Waals surface area contributed by atoms with E-state index in [0.717, 1.165) is 41.5 Å². The average Bonchev–Trinajstić information content (AvgIpc) is 2.87.